The maximum absolute atomic E-state index is 15.1. The Bertz CT molecular complexity index is 861. The largest absolute Gasteiger partial charge is 0.349 e. The van der Waals surface area contributed by atoms with Crippen LogP contribution in [0.15, 0.2) is 24.3 Å². The highest BCUT2D eigenvalue weighted by Crippen LogP contribution is 2.39. The SMILES string of the molecule is CCCC1CCC(/C=C/C2CCC(c3ccc(CCC4OCC(F)(CCC)CO4)c(F)c3F)CC2)CC1. The number of hydrogen-bond acceptors (Lipinski definition) is 2. The van der Waals surface area contributed by atoms with Crippen LogP contribution in [-0.4, -0.2) is 25.2 Å². The van der Waals surface area contributed by atoms with Gasteiger partial charge < -0.3 is 9.47 Å². The predicted molar refractivity (Wildman–Crippen MR) is 143 cm³/mol. The minimum absolute atomic E-state index is 0.000763. The quantitative estimate of drug-likeness (QED) is 0.286. The number of ether oxygens (including phenoxy) is 2. The molecule has 0 bridgehead atoms. The Balaban J connectivity index is 1.23. The zero-order valence-corrected chi connectivity index (χ0v) is 23.0. The molecule has 0 atom stereocenters. The molecule has 3 fully saturated rings. The molecule has 1 aliphatic heterocycles. The summed E-state index contributed by atoms with van der Waals surface area (Å²) in [5, 5.41) is 0. The van der Waals surface area contributed by atoms with Crippen LogP contribution >= 0.6 is 0 Å². The Hall–Kier alpha value is -1.33. The van der Waals surface area contributed by atoms with Crippen molar-refractivity contribution in [2.24, 2.45) is 17.8 Å². The van der Waals surface area contributed by atoms with Crippen molar-refractivity contribution < 1.29 is 22.6 Å². The maximum Gasteiger partial charge on any atom is 0.162 e. The number of hydrogen-bond donors (Lipinski definition) is 0. The molecule has 1 heterocycles. The summed E-state index contributed by atoms with van der Waals surface area (Å²) >= 11 is 0. The third-order valence-corrected chi connectivity index (χ3v) is 9.05. The second-order valence-electron chi connectivity index (χ2n) is 12.0. The summed E-state index contributed by atoms with van der Waals surface area (Å²) in [4.78, 5) is 0. The van der Waals surface area contributed by atoms with E-state index in [0.717, 1.165) is 43.9 Å². The lowest BCUT2D eigenvalue weighted by molar-refractivity contribution is -0.236. The molecule has 208 valence electrons. The summed E-state index contributed by atoms with van der Waals surface area (Å²) in [6.07, 6.45) is 18.1. The summed E-state index contributed by atoms with van der Waals surface area (Å²) in [6, 6.07) is 3.49. The van der Waals surface area contributed by atoms with Crippen molar-refractivity contribution in [1.82, 2.24) is 0 Å². The topological polar surface area (TPSA) is 18.5 Å². The molecule has 5 heteroatoms. The molecule has 0 unspecified atom stereocenters. The van der Waals surface area contributed by atoms with Gasteiger partial charge in [-0.2, -0.15) is 0 Å². The average Bonchev–Trinajstić information content (AvgIpc) is 2.91. The zero-order chi connectivity index (χ0) is 26.3. The Morgan fingerprint density at radius 3 is 2.03 bits per heavy atom. The Morgan fingerprint density at radius 1 is 0.811 bits per heavy atom. The van der Waals surface area contributed by atoms with Crippen LogP contribution < -0.4 is 0 Å². The van der Waals surface area contributed by atoms with Gasteiger partial charge in [-0.15, -0.1) is 0 Å². The molecule has 0 N–H and O–H groups in total. The van der Waals surface area contributed by atoms with Crippen molar-refractivity contribution in [2.75, 3.05) is 13.2 Å². The molecular weight excluding hydrogens is 473 g/mol. The third kappa shape index (κ3) is 7.85. The van der Waals surface area contributed by atoms with Crippen LogP contribution in [-0.2, 0) is 15.9 Å². The highest BCUT2D eigenvalue weighted by atomic mass is 19.2. The van der Waals surface area contributed by atoms with Crippen LogP contribution in [0.4, 0.5) is 13.2 Å². The monoisotopic (exact) mass is 520 g/mol. The molecule has 1 aromatic rings. The van der Waals surface area contributed by atoms with Crippen LogP contribution in [0.25, 0.3) is 0 Å². The number of rotatable bonds is 10. The van der Waals surface area contributed by atoms with Crippen LogP contribution in [0, 0.1) is 29.4 Å². The van der Waals surface area contributed by atoms with Gasteiger partial charge in [-0.1, -0.05) is 57.4 Å². The number of allylic oxidation sites excluding steroid dienone is 2. The van der Waals surface area contributed by atoms with Crippen molar-refractivity contribution in [3.63, 3.8) is 0 Å². The van der Waals surface area contributed by atoms with Gasteiger partial charge in [-0.05, 0) is 99.0 Å². The Labute approximate surface area is 222 Å². The van der Waals surface area contributed by atoms with E-state index in [4.69, 9.17) is 9.47 Å². The van der Waals surface area contributed by atoms with E-state index in [1.54, 1.807) is 12.1 Å². The van der Waals surface area contributed by atoms with Crippen molar-refractivity contribution >= 4 is 0 Å². The summed E-state index contributed by atoms with van der Waals surface area (Å²) in [5.74, 6) is 0.857. The Kier molecular flexibility index (Phi) is 10.6. The second kappa shape index (κ2) is 13.6. The standard InChI is InChI=1S/C32H47F3O2/c1-3-5-23-6-8-24(9-7-23)10-11-25-12-14-26(15-13-25)28-18-16-27(30(33)31(28)34)17-19-29-36-21-32(35,20-4-2)22-37-29/h10-11,16,18,23-26,29H,3-9,12-15,17,19-22H2,1-2H3/b11-10+. The lowest BCUT2D eigenvalue weighted by Gasteiger charge is -2.34. The molecule has 0 radical (unpaired) electrons. The van der Waals surface area contributed by atoms with Crippen LogP contribution in [0.3, 0.4) is 0 Å². The average molecular weight is 521 g/mol. The molecule has 0 amide bonds. The first kappa shape index (κ1) is 28.7. The molecule has 1 saturated heterocycles. The summed E-state index contributed by atoms with van der Waals surface area (Å²) < 4.78 is 55.5. The number of halogens is 3. The molecule has 2 aliphatic carbocycles. The van der Waals surface area contributed by atoms with Crippen LogP contribution in [0.2, 0.25) is 0 Å². The van der Waals surface area contributed by atoms with Gasteiger partial charge in [-0.3, -0.25) is 0 Å². The third-order valence-electron chi connectivity index (χ3n) is 9.05. The van der Waals surface area contributed by atoms with Gasteiger partial charge in [-0.25, -0.2) is 13.2 Å². The van der Waals surface area contributed by atoms with Crippen LogP contribution in [0.5, 0.6) is 0 Å². The Morgan fingerprint density at radius 2 is 1.43 bits per heavy atom. The molecule has 0 aromatic heterocycles. The fraction of sp³-hybridized carbons (Fsp3) is 0.750. The molecule has 2 saturated carbocycles. The molecular formula is C32H47F3O2. The highest BCUT2D eigenvalue weighted by Gasteiger charge is 2.36. The van der Waals surface area contributed by atoms with Gasteiger partial charge in [0.1, 0.15) is 0 Å². The first-order valence-electron chi connectivity index (χ1n) is 15.0. The number of alkyl halides is 1. The first-order chi connectivity index (χ1) is 17.9. The number of aryl methyl sites for hydroxylation is 1. The second-order valence-corrected chi connectivity index (χ2v) is 12.0. The van der Waals surface area contributed by atoms with E-state index < -0.39 is 23.6 Å². The molecule has 0 spiro atoms. The molecule has 37 heavy (non-hydrogen) atoms. The lowest BCUT2D eigenvalue weighted by Crippen LogP contribution is -2.44. The van der Waals surface area contributed by atoms with E-state index in [2.05, 4.69) is 19.1 Å². The first-order valence-corrected chi connectivity index (χ1v) is 15.0. The van der Waals surface area contributed by atoms with Gasteiger partial charge in [0, 0.05) is 6.42 Å². The number of benzene rings is 1. The van der Waals surface area contributed by atoms with Crippen molar-refractivity contribution in [1.29, 1.82) is 0 Å². The minimum Gasteiger partial charge on any atom is -0.349 e. The molecule has 1 aromatic carbocycles. The van der Waals surface area contributed by atoms with E-state index in [9.17, 15) is 8.78 Å². The molecule has 4 rings (SSSR count). The summed E-state index contributed by atoms with van der Waals surface area (Å²) in [7, 11) is 0. The van der Waals surface area contributed by atoms with E-state index in [-0.39, 0.29) is 19.1 Å². The minimum atomic E-state index is -1.44. The van der Waals surface area contributed by atoms with Crippen molar-refractivity contribution in [3.05, 3.63) is 47.0 Å². The fourth-order valence-electron chi connectivity index (χ4n) is 6.73. The molecule has 3 aliphatic rings. The van der Waals surface area contributed by atoms with Crippen molar-refractivity contribution in [2.45, 2.75) is 122 Å². The maximum atomic E-state index is 15.1. The molecule has 2 nitrogen and oxygen atoms in total. The zero-order valence-electron chi connectivity index (χ0n) is 23.0. The summed E-state index contributed by atoms with van der Waals surface area (Å²) in [5.41, 5.74) is -0.582. The van der Waals surface area contributed by atoms with E-state index in [0.29, 0.717) is 36.3 Å². The van der Waals surface area contributed by atoms with Crippen LogP contribution in [0.1, 0.15) is 114 Å². The van der Waals surface area contributed by atoms with E-state index in [1.807, 2.05) is 6.92 Å². The van der Waals surface area contributed by atoms with E-state index in [1.165, 1.54) is 38.5 Å². The fourth-order valence-corrected chi connectivity index (χ4v) is 6.73. The van der Waals surface area contributed by atoms with Gasteiger partial charge in [0.15, 0.2) is 23.6 Å². The normalized spacial score (nSPS) is 33.2. The summed E-state index contributed by atoms with van der Waals surface area (Å²) in [6.45, 7) is 4.21. The van der Waals surface area contributed by atoms with Gasteiger partial charge >= 0.3 is 0 Å². The van der Waals surface area contributed by atoms with E-state index >= 15 is 4.39 Å². The lowest BCUT2D eigenvalue weighted by atomic mass is 9.76. The van der Waals surface area contributed by atoms with Crippen molar-refractivity contribution in [3.8, 4) is 0 Å². The van der Waals surface area contributed by atoms with Gasteiger partial charge in [0.05, 0.1) is 13.2 Å². The smallest absolute Gasteiger partial charge is 0.162 e. The highest BCUT2D eigenvalue weighted by molar-refractivity contribution is 5.29. The predicted octanol–water partition coefficient (Wildman–Crippen LogP) is 9.22. The van der Waals surface area contributed by atoms with Gasteiger partial charge in [0.25, 0.3) is 0 Å². The van der Waals surface area contributed by atoms with Gasteiger partial charge in [0.2, 0.25) is 0 Å².